The third-order valence-electron chi connectivity index (χ3n) is 5.42. The summed E-state index contributed by atoms with van der Waals surface area (Å²) in [5.41, 5.74) is 0.864. The summed E-state index contributed by atoms with van der Waals surface area (Å²) in [6.45, 7) is 5.19. The molecule has 4 N–H and O–H groups in total. The van der Waals surface area contributed by atoms with Gasteiger partial charge in [-0.2, -0.15) is 0 Å². The Kier molecular flexibility index (Phi) is 6.18. The zero-order valence-electron chi connectivity index (χ0n) is 16.7. The van der Waals surface area contributed by atoms with Crippen molar-refractivity contribution in [3.8, 4) is 0 Å². The predicted molar refractivity (Wildman–Crippen MR) is 113 cm³/mol. The third-order valence-corrected chi connectivity index (χ3v) is 6.23. The van der Waals surface area contributed by atoms with Crippen LogP contribution < -0.4 is 10.5 Å². The van der Waals surface area contributed by atoms with E-state index in [-0.39, 0.29) is 16.6 Å². The molecule has 9 heteroatoms. The van der Waals surface area contributed by atoms with Crippen LogP contribution in [-0.4, -0.2) is 41.7 Å². The molecular weight excluding hydrogens is 388 g/mol. The van der Waals surface area contributed by atoms with E-state index in [4.69, 9.17) is 10.5 Å². The molecule has 3 rings (SSSR count). The predicted octanol–water partition coefficient (Wildman–Crippen LogP) is 2.76. The third kappa shape index (κ3) is 5.30. The molecule has 1 fully saturated rings. The van der Waals surface area contributed by atoms with Gasteiger partial charge in [0, 0.05) is 18.3 Å². The zero-order chi connectivity index (χ0) is 21.1. The number of nitrogens with two attached hydrogens (primary N) is 1. The minimum absolute atomic E-state index is 0.00822. The lowest BCUT2D eigenvalue weighted by Gasteiger charge is -2.28. The molecule has 2 atom stereocenters. The van der Waals surface area contributed by atoms with E-state index in [1.165, 1.54) is 12.4 Å². The van der Waals surface area contributed by atoms with Gasteiger partial charge < -0.3 is 10.2 Å². The summed E-state index contributed by atoms with van der Waals surface area (Å²) in [7, 11) is -3.87. The van der Waals surface area contributed by atoms with Crippen molar-refractivity contribution in [3.63, 3.8) is 0 Å². The SMILES string of the molecule is CC1(C)C[C@H](CC[C@@H](Nc2cccc(S(N)(=O)=O)n2)c2ccccn2)CN1C=N. The molecule has 8 nitrogen and oxygen atoms in total. The molecule has 3 heterocycles. The Morgan fingerprint density at radius 1 is 1.34 bits per heavy atom. The molecule has 0 aromatic carbocycles. The Balaban J connectivity index is 1.76. The Bertz CT molecular complexity index is 948. The highest BCUT2D eigenvalue weighted by molar-refractivity contribution is 7.89. The largest absolute Gasteiger partial charge is 0.362 e. The van der Waals surface area contributed by atoms with Crippen molar-refractivity contribution >= 4 is 22.2 Å². The van der Waals surface area contributed by atoms with Gasteiger partial charge in [0.2, 0.25) is 0 Å². The topological polar surface area (TPSA) is 125 Å². The Morgan fingerprint density at radius 2 is 2.14 bits per heavy atom. The second kappa shape index (κ2) is 8.46. The summed E-state index contributed by atoms with van der Waals surface area (Å²) in [4.78, 5) is 10.7. The molecule has 156 valence electrons. The summed E-state index contributed by atoms with van der Waals surface area (Å²) >= 11 is 0. The van der Waals surface area contributed by atoms with Crippen LogP contribution in [0.2, 0.25) is 0 Å². The number of rotatable bonds is 8. The fraction of sp³-hybridized carbons (Fsp3) is 0.450. The molecular formula is C20H28N6O2S. The summed E-state index contributed by atoms with van der Waals surface area (Å²) in [5.74, 6) is 0.920. The molecule has 1 aliphatic rings. The van der Waals surface area contributed by atoms with Crippen molar-refractivity contribution in [3.05, 3.63) is 48.3 Å². The maximum Gasteiger partial charge on any atom is 0.255 e. The van der Waals surface area contributed by atoms with E-state index in [0.717, 1.165) is 31.5 Å². The van der Waals surface area contributed by atoms with Crippen LogP contribution in [0.1, 0.15) is 44.8 Å². The van der Waals surface area contributed by atoms with Crippen LogP contribution in [0.3, 0.4) is 0 Å². The minimum Gasteiger partial charge on any atom is -0.362 e. The number of anilines is 1. The van der Waals surface area contributed by atoms with Crippen molar-refractivity contribution in [2.24, 2.45) is 11.1 Å². The van der Waals surface area contributed by atoms with Crippen molar-refractivity contribution in [1.29, 1.82) is 5.41 Å². The number of nitrogens with zero attached hydrogens (tertiary/aromatic N) is 3. The van der Waals surface area contributed by atoms with E-state index in [1.54, 1.807) is 18.3 Å². The van der Waals surface area contributed by atoms with Gasteiger partial charge in [0.15, 0.2) is 5.03 Å². The summed E-state index contributed by atoms with van der Waals surface area (Å²) in [5, 5.41) is 16.0. The van der Waals surface area contributed by atoms with E-state index in [0.29, 0.717) is 11.7 Å². The number of aromatic nitrogens is 2. The van der Waals surface area contributed by atoms with Gasteiger partial charge in [-0.1, -0.05) is 12.1 Å². The van der Waals surface area contributed by atoms with Crippen LogP contribution >= 0.6 is 0 Å². The summed E-state index contributed by atoms with van der Waals surface area (Å²) in [6.07, 6.45) is 5.96. The first-order chi connectivity index (χ1) is 13.7. The highest BCUT2D eigenvalue weighted by Gasteiger charge is 2.36. The molecule has 0 saturated carbocycles. The van der Waals surface area contributed by atoms with Gasteiger partial charge in [0.05, 0.1) is 18.1 Å². The van der Waals surface area contributed by atoms with Gasteiger partial charge in [0.1, 0.15) is 5.82 Å². The average Bonchev–Trinajstić information content (AvgIpc) is 2.98. The van der Waals surface area contributed by atoms with Crippen molar-refractivity contribution in [1.82, 2.24) is 14.9 Å². The molecule has 1 saturated heterocycles. The molecule has 0 spiro atoms. The van der Waals surface area contributed by atoms with Crippen molar-refractivity contribution < 1.29 is 8.42 Å². The lowest BCUT2D eigenvalue weighted by molar-refractivity contribution is 0.289. The normalized spacial score (nSPS) is 19.7. The Hall–Kier alpha value is -2.52. The van der Waals surface area contributed by atoms with Gasteiger partial charge in [-0.15, -0.1) is 0 Å². The number of hydrogen-bond donors (Lipinski definition) is 3. The highest BCUT2D eigenvalue weighted by Crippen LogP contribution is 2.35. The lowest BCUT2D eigenvalue weighted by Crippen LogP contribution is -2.36. The van der Waals surface area contributed by atoms with Crippen LogP contribution in [0.4, 0.5) is 5.82 Å². The average molecular weight is 417 g/mol. The molecule has 0 bridgehead atoms. The van der Waals surface area contributed by atoms with E-state index in [1.807, 2.05) is 18.2 Å². The number of likely N-dealkylation sites (tertiary alicyclic amines) is 1. The zero-order valence-corrected chi connectivity index (χ0v) is 17.6. The second-order valence-electron chi connectivity index (χ2n) is 8.10. The van der Waals surface area contributed by atoms with Crippen LogP contribution in [0.5, 0.6) is 0 Å². The van der Waals surface area contributed by atoms with Gasteiger partial charge in [-0.3, -0.25) is 10.4 Å². The first-order valence-corrected chi connectivity index (χ1v) is 11.2. The van der Waals surface area contributed by atoms with E-state index in [9.17, 15) is 8.42 Å². The van der Waals surface area contributed by atoms with Crippen LogP contribution in [0.15, 0.2) is 47.6 Å². The number of hydrogen-bond acceptors (Lipinski definition) is 6. The molecule has 2 aromatic rings. The van der Waals surface area contributed by atoms with Gasteiger partial charge in [-0.25, -0.2) is 18.5 Å². The molecule has 1 aliphatic heterocycles. The standard InChI is InChI=1S/C20H28N6O2S/c1-20(2)12-15(13-26(20)14-21)9-10-17(16-6-3-4-11-23-16)24-18-7-5-8-19(25-18)29(22,27)28/h3-8,11,14-15,17,21H,9-10,12-13H2,1-2H3,(H,24,25)(H2,22,27,28)/t15-,17+/m0/s1. The Labute approximate surface area is 172 Å². The van der Waals surface area contributed by atoms with Gasteiger partial charge in [-0.05, 0) is 63.3 Å². The fourth-order valence-corrected chi connectivity index (χ4v) is 4.44. The maximum absolute atomic E-state index is 11.6. The van der Waals surface area contributed by atoms with E-state index >= 15 is 0 Å². The number of sulfonamides is 1. The quantitative estimate of drug-likeness (QED) is 0.449. The van der Waals surface area contributed by atoms with Crippen LogP contribution in [0, 0.1) is 11.3 Å². The van der Waals surface area contributed by atoms with E-state index in [2.05, 4.69) is 34.0 Å². The second-order valence-corrected chi connectivity index (χ2v) is 9.61. The Morgan fingerprint density at radius 3 is 2.76 bits per heavy atom. The lowest BCUT2D eigenvalue weighted by atomic mass is 9.91. The van der Waals surface area contributed by atoms with Gasteiger partial charge in [0.25, 0.3) is 10.0 Å². The molecule has 29 heavy (non-hydrogen) atoms. The first-order valence-electron chi connectivity index (χ1n) is 9.64. The fourth-order valence-electron chi connectivity index (χ4n) is 3.94. The smallest absolute Gasteiger partial charge is 0.255 e. The number of pyridine rings is 2. The monoisotopic (exact) mass is 416 g/mol. The van der Waals surface area contributed by atoms with Crippen molar-refractivity contribution in [2.75, 3.05) is 11.9 Å². The van der Waals surface area contributed by atoms with Crippen molar-refractivity contribution in [2.45, 2.75) is 49.7 Å². The molecule has 0 unspecified atom stereocenters. The van der Waals surface area contributed by atoms with E-state index < -0.39 is 10.0 Å². The molecule has 0 aliphatic carbocycles. The summed E-state index contributed by atoms with van der Waals surface area (Å²) in [6, 6.07) is 10.3. The number of nitrogens with one attached hydrogen (secondary N) is 2. The minimum atomic E-state index is -3.87. The molecule has 2 aromatic heterocycles. The van der Waals surface area contributed by atoms with Crippen LogP contribution in [0.25, 0.3) is 0 Å². The summed E-state index contributed by atoms with van der Waals surface area (Å²) < 4.78 is 23.2. The maximum atomic E-state index is 11.6. The number of primary sulfonamides is 1. The molecule has 0 amide bonds. The van der Waals surface area contributed by atoms with Gasteiger partial charge >= 0.3 is 0 Å². The molecule has 0 radical (unpaired) electrons. The first kappa shape index (κ1) is 21.2. The highest BCUT2D eigenvalue weighted by atomic mass is 32.2. The van der Waals surface area contributed by atoms with Crippen LogP contribution in [-0.2, 0) is 10.0 Å².